The Morgan fingerprint density at radius 1 is 1.22 bits per heavy atom. The quantitative estimate of drug-likeness (QED) is 0.921. The minimum atomic E-state index is -0.207. The molecule has 23 heavy (non-hydrogen) atoms. The highest BCUT2D eigenvalue weighted by molar-refractivity contribution is 5.93. The van der Waals surface area contributed by atoms with Crippen LogP contribution in [0.3, 0.4) is 0 Å². The van der Waals surface area contributed by atoms with Crippen LogP contribution in [0, 0.1) is 5.82 Å². The molecule has 0 radical (unpaired) electrons. The van der Waals surface area contributed by atoms with E-state index in [0.717, 1.165) is 25.9 Å². The van der Waals surface area contributed by atoms with Gasteiger partial charge >= 0.3 is 0 Å². The van der Waals surface area contributed by atoms with Gasteiger partial charge in [-0.15, -0.1) is 0 Å². The molecule has 1 fully saturated rings. The number of hydrogen-bond acceptors (Lipinski definition) is 4. The number of hydrogen-bond donors (Lipinski definition) is 1. The lowest BCUT2D eigenvalue weighted by molar-refractivity contribution is 0.0787. The van der Waals surface area contributed by atoms with E-state index in [9.17, 15) is 9.18 Å². The monoisotopic (exact) mass is 314 g/mol. The van der Waals surface area contributed by atoms with Gasteiger partial charge < -0.3 is 10.2 Å². The molecule has 120 valence electrons. The molecule has 0 aliphatic carbocycles. The molecule has 0 atom stereocenters. The van der Waals surface area contributed by atoms with Gasteiger partial charge in [-0.2, -0.15) is 0 Å². The number of rotatable bonds is 5. The molecule has 1 N–H and O–H groups in total. The molecule has 5 nitrogen and oxygen atoms in total. The van der Waals surface area contributed by atoms with Crippen LogP contribution in [0.1, 0.15) is 28.9 Å². The van der Waals surface area contributed by atoms with Crippen molar-refractivity contribution in [3.8, 4) is 0 Å². The summed E-state index contributed by atoms with van der Waals surface area (Å²) in [5.74, 6) is 0.322. The first-order valence-electron chi connectivity index (χ1n) is 7.82. The van der Waals surface area contributed by atoms with Crippen molar-refractivity contribution in [2.45, 2.75) is 19.3 Å². The Hall–Kier alpha value is -2.50. The summed E-state index contributed by atoms with van der Waals surface area (Å²) in [5.41, 5.74) is 1.05. The number of benzene rings is 1. The van der Waals surface area contributed by atoms with E-state index in [1.807, 2.05) is 11.0 Å². The maximum Gasteiger partial charge on any atom is 0.272 e. The third-order valence-corrected chi connectivity index (χ3v) is 3.94. The van der Waals surface area contributed by atoms with Gasteiger partial charge in [0.25, 0.3) is 5.91 Å². The van der Waals surface area contributed by atoms with Crippen molar-refractivity contribution in [3.63, 3.8) is 0 Å². The molecule has 2 heterocycles. The molecule has 1 aliphatic heterocycles. The predicted octanol–water partition coefficient (Wildman–Crippen LogP) is 2.51. The Bertz CT molecular complexity index is 686. The van der Waals surface area contributed by atoms with Gasteiger partial charge in [-0.25, -0.2) is 14.4 Å². The largest absolute Gasteiger partial charge is 0.370 e. The van der Waals surface area contributed by atoms with Crippen molar-refractivity contribution < 1.29 is 9.18 Å². The van der Waals surface area contributed by atoms with E-state index >= 15 is 0 Å². The van der Waals surface area contributed by atoms with Crippen LogP contribution >= 0.6 is 0 Å². The third kappa shape index (κ3) is 3.83. The van der Waals surface area contributed by atoms with Gasteiger partial charge in [-0.05, 0) is 30.9 Å². The van der Waals surface area contributed by atoms with E-state index in [1.54, 1.807) is 18.2 Å². The molecular weight excluding hydrogens is 295 g/mol. The van der Waals surface area contributed by atoms with E-state index in [0.29, 0.717) is 30.0 Å². The molecule has 0 spiro atoms. The van der Waals surface area contributed by atoms with E-state index < -0.39 is 0 Å². The second-order valence-corrected chi connectivity index (χ2v) is 5.56. The average molecular weight is 314 g/mol. The van der Waals surface area contributed by atoms with Gasteiger partial charge in [0.2, 0.25) is 0 Å². The zero-order valence-electron chi connectivity index (χ0n) is 12.8. The smallest absolute Gasteiger partial charge is 0.272 e. The zero-order valence-corrected chi connectivity index (χ0v) is 12.8. The summed E-state index contributed by atoms with van der Waals surface area (Å²) in [6.45, 7) is 2.12. The maximum absolute atomic E-state index is 13.6. The van der Waals surface area contributed by atoms with Crippen molar-refractivity contribution >= 4 is 11.7 Å². The highest BCUT2D eigenvalue weighted by Gasteiger charge is 2.20. The fourth-order valence-electron chi connectivity index (χ4n) is 2.68. The van der Waals surface area contributed by atoms with E-state index in [-0.39, 0.29) is 11.7 Å². The summed E-state index contributed by atoms with van der Waals surface area (Å²) in [7, 11) is 0. The lowest BCUT2D eigenvalue weighted by atomic mass is 10.1. The molecule has 0 unspecified atom stereocenters. The van der Waals surface area contributed by atoms with E-state index in [4.69, 9.17) is 0 Å². The second kappa shape index (κ2) is 7.17. The van der Waals surface area contributed by atoms with Gasteiger partial charge in [-0.3, -0.25) is 4.79 Å². The maximum atomic E-state index is 13.6. The van der Waals surface area contributed by atoms with Crippen molar-refractivity contribution in [1.29, 1.82) is 0 Å². The van der Waals surface area contributed by atoms with Crippen LogP contribution in [-0.2, 0) is 6.42 Å². The van der Waals surface area contributed by atoms with Crippen LogP contribution in [0.4, 0.5) is 10.2 Å². The second-order valence-electron chi connectivity index (χ2n) is 5.56. The highest BCUT2D eigenvalue weighted by atomic mass is 19.1. The number of carbonyl (C=O) groups excluding carboxylic acids is 1. The number of nitrogens with zero attached hydrogens (tertiary/aromatic N) is 3. The van der Waals surface area contributed by atoms with Gasteiger partial charge in [-0.1, -0.05) is 18.2 Å². The lowest BCUT2D eigenvalue weighted by Gasteiger charge is -2.14. The Kier molecular flexibility index (Phi) is 4.80. The van der Waals surface area contributed by atoms with Crippen LogP contribution in [0.5, 0.6) is 0 Å². The standard InChI is InChI=1S/C17H19FN4O/c18-14-6-2-1-5-13(14)7-8-19-16-11-15(20-12-21-16)17(23)22-9-3-4-10-22/h1-2,5-6,11-12H,3-4,7-10H2,(H,19,20,21). The van der Waals surface area contributed by atoms with Gasteiger partial charge in [0, 0.05) is 25.7 Å². The fourth-order valence-corrected chi connectivity index (χ4v) is 2.68. The number of carbonyl (C=O) groups is 1. The topological polar surface area (TPSA) is 58.1 Å². The van der Waals surface area contributed by atoms with Crippen LogP contribution in [-0.4, -0.2) is 40.4 Å². The first kappa shape index (κ1) is 15.4. The van der Waals surface area contributed by atoms with E-state index in [2.05, 4.69) is 15.3 Å². The fraction of sp³-hybridized carbons (Fsp3) is 0.353. The first-order valence-corrected chi connectivity index (χ1v) is 7.82. The molecule has 1 aromatic carbocycles. The van der Waals surface area contributed by atoms with Crippen molar-refractivity contribution in [2.24, 2.45) is 0 Å². The van der Waals surface area contributed by atoms with Gasteiger partial charge in [0.05, 0.1) is 0 Å². The number of amides is 1. The van der Waals surface area contributed by atoms with Gasteiger partial charge in [0.15, 0.2) is 0 Å². The molecule has 1 aromatic heterocycles. The first-order chi connectivity index (χ1) is 11.2. The molecule has 1 aliphatic rings. The number of halogens is 1. The molecule has 3 rings (SSSR count). The van der Waals surface area contributed by atoms with Crippen molar-refractivity contribution in [3.05, 3.63) is 53.7 Å². The number of likely N-dealkylation sites (tertiary alicyclic amines) is 1. The summed E-state index contributed by atoms with van der Waals surface area (Å²) < 4.78 is 13.6. The minimum absolute atomic E-state index is 0.0537. The minimum Gasteiger partial charge on any atom is -0.370 e. The summed E-state index contributed by atoms with van der Waals surface area (Å²) in [6.07, 6.45) is 4.02. The Labute approximate surface area is 134 Å². The third-order valence-electron chi connectivity index (χ3n) is 3.94. The molecule has 2 aromatic rings. The predicted molar refractivity (Wildman–Crippen MR) is 85.8 cm³/mol. The van der Waals surface area contributed by atoms with Crippen LogP contribution in [0.25, 0.3) is 0 Å². The Balaban J connectivity index is 1.59. The van der Waals surface area contributed by atoms with Crippen molar-refractivity contribution in [2.75, 3.05) is 25.0 Å². The zero-order chi connectivity index (χ0) is 16.1. The summed E-state index contributed by atoms with van der Waals surface area (Å²) >= 11 is 0. The lowest BCUT2D eigenvalue weighted by Crippen LogP contribution is -2.28. The summed E-state index contributed by atoms with van der Waals surface area (Å²) in [6, 6.07) is 8.36. The van der Waals surface area contributed by atoms with Crippen molar-refractivity contribution in [1.82, 2.24) is 14.9 Å². The molecular formula is C17H19FN4O. The van der Waals surface area contributed by atoms with Crippen LogP contribution in [0.2, 0.25) is 0 Å². The number of aromatic nitrogens is 2. The molecule has 0 bridgehead atoms. The molecule has 1 saturated heterocycles. The number of anilines is 1. The molecule has 1 amide bonds. The molecule has 0 saturated carbocycles. The van der Waals surface area contributed by atoms with E-state index in [1.165, 1.54) is 12.4 Å². The van der Waals surface area contributed by atoms with Crippen LogP contribution < -0.4 is 5.32 Å². The number of nitrogens with one attached hydrogen (secondary N) is 1. The average Bonchev–Trinajstić information content (AvgIpc) is 3.11. The normalized spacial score (nSPS) is 14.0. The summed E-state index contributed by atoms with van der Waals surface area (Å²) in [4.78, 5) is 22.3. The SMILES string of the molecule is O=C(c1cc(NCCc2ccccc2F)ncn1)N1CCCC1. The van der Waals surface area contributed by atoms with Crippen LogP contribution in [0.15, 0.2) is 36.7 Å². The van der Waals surface area contributed by atoms with Gasteiger partial charge in [0.1, 0.15) is 23.7 Å². The highest BCUT2D eigenvalue weighted by Crippen LogP contribution is 2.13. The summed E-state index contributed by atoms with van der Waals surface area (Å²) in [5, 5.41) is 3.12. The molecule has 6 heteroatoms. The Morgan fingerprint density at radius 2 is 2.00 bits per heavy atom. The Morgan fingerprint density at radius 3 is 2.78 bits per heavy atom.